The van der Waals surface area contributed by atoms with Crippen molar-refractivity contribution >= 4 is 28.8 Å². The first-order valence-electron chi connectivity index (χ1n) is 7.44. The van der Waals surface area contributed by atoms with Gasteiger partial charge in [-0.25, -0.2) is 4.98 Å². The van der Waals surface area contributed by atoms with Crippen LogP contribution in [0.3, 0.4) is 0 Å². The number of nitrogens with one attached hydrogen (secondary N) is 1. The molecule has 1 amide bonds. The number of rotatable bonds is 3. The van der Waals surface area contributed by atoms with E-state index in [9.17, 15) is 4.79 Å². The minimum atomic E-state index is -0.0675. The highest BCUT2D eigenvalue weighted by Crippen LogP contribution is 2.32. The Bertz CT molecular complexity index is 717. The van der Waals surface area contributed by atoms with E-state index in [1.807, 2.05) is 24.3 Å². The molecule has 2 unspecified atom stereocenters. The molecule has 114 valence electrons. The molecule has 2 aliphatic rings. The highest BCUT2D eigenvalue weighted by molar-refractivity contribution is 7.17. The second kappa shape index (κ2) is 5.65. The van der Waals surface area contributed by atoms with Crippen LogP contribution in [-0.2, 0) is 0 Å². The topological polar surface area (TPSA) is 45.2 Å². The van der Waals surface area contributed by atoms with Gasteiger partial charge in [-0.15, -0.1) is 11.3 Å². The third-order valence-corrected chi connectivity index (χ3v) is 5.85. The zero-order chi connectivity index (χ0) is 15.1. The largest absolute Gasteiger partial charge is 0.346 e. The molecular formula is C16H16ClN3OS. The first-order valence-corrected chi connectivity index (χ1v) is 8.64. The number of carbonyl (C=O) groups is 1. The van der Waals surface area contributed by atoms with E-state index in [1.54, 1.807) is 6.20 Å². The van der Waals surface area contributed by atoms with E-state index in [-0.39, 0.29) is 11.9 Å². The van der Waals surface area contributed by atoms with Gasteiger partial charge in [-0.3, -0.25) is 4.79 Å². The average Bonchev–Trinajstić information content (AvgIpc) is 3.24. The summed E-state index contributed by atoms with van der Waals surface area (Å²) in [5, 5.41) is 4.33. The van der Waals surface area contributed by atoms with Crippen LogP contribution in [0, 0.1) is 5.92 Å². The molecule has 0 spiro atoms. The summed E-state index contributed by atoms with van der Waals surface area (Å²) in [6.07, 6.45) is 2.92. The minimum absolute atomic E-state index is 0.0675. The second-order valence-corrected chi connectivity index (χ2v) is 7.34. The molecule has 2 aliphatic heterocycles. The van der Waals surface area contributed by atoms with Crippen LogP contribution in [0.25, 0.3) is 10.4 Å². The molecule has 22 heavy (non-hydrogen) atoms. The SMILES string of the molecule is O=C(NC1CN2CC[C@H]1C2)c1ncc(-c2ccccc2Cl)s1. The average molecular weight is 334 g/mol. The maximum absolute atomic E-state index is 12.4. The number of hydrogen-bond acceptors (Lipinski definition) is 4. The molecule has 0 radical (unpaired) electrons. The second-order valence-electron chi connectivity index (χ2n) is 5.90. The number of halogens is 1. The molecule has 3 heterocycles. The van der Waals surface area contributed by atoms with Crippen LogP contribution < -0.4 is 5.32 Å². The summed E-state index contributed by atoms with van der Waals surface area (Å²) in [5.41, 5.74) is 0.923. The zero-order valence-corrected chi connectivity index (χ0v) is 13.5. The smallest absolute Gasteiger partial charge is 0.280 e. The van der Waals surface area contributed by atoms with Crippen molar-refractivity contribution in [1.29, 1.82) is 0 Å². The van der Waals surface area contributed by atoms with Gasteiger partial charge in [-0.1, -0.05) is 29.8 Å². The van der Waals surface area contributed by atoms with Crippen LogP contribution in [0.5, 0.6) is 0 Å². The van der Waals surface area contributed by atoms with Gasteiger partial charge in [-0.2, -0.15) is 0 Å². The molecule has 1 aromatic carbocycles. The van der Waals surface area contributed by atoms with Crippen molar-refractivity contribution in [3.8, 4) is 10.4 Å². The van der Waals surface area contributed by atoms with Gasteiger partial charge in [0.1, 0.15) is 0 Å². The Kier molecular flexibility index (Phi) is 3.64. The third kappa shape index (κ3) is 2.53. The van der Waals surface area contributed by atoms with Crippen molar-refractivity contribution in [1.82, 2.24) is 15.2 Å². The fraction of sp³-hybridized carbons (Fsp3) is 0.375. The molecule has 2 bridgehead atoms. The molecular weight excluding hydrogens is 318 g/mol. The van der Waals surface area contributed by atoms with Crippen LogP contribution in [0.15, 0.2) is 30.5 Å². The lowest BCUT2D eigenvalue weighted by atomic mass is 10.0. The molecule has 2 fully saturated rings. The van der Waals surface area contributed by atoms with Gasteiger partial charge in [0, 0.05) is 35.9 Å². The number of piperidine rings is 1. The monoisotopic (exact) mass is 333 g/mol. The van der Waals surface area contributed by atoms with Crippen LogP contribution in [0.4, 0.5) is 0 Å². The molecule has 0 aliphatic carbocycles. The molecule has 4 nitrogen and oxygen atoms in total. The lowest BCUT2D eigenvalue weighted by Gasteiger charge is -2.22. The minimum Gasteiger partial charge on any atom is -0.346 e. The summed E-state index contributed by atoms with van der Waals surface area (Å²) in [7, 11) is 0. The number of fused-ring (bicyclic) bond motifs is 2. The summed E-state index contributed by atoms with van der Waals surface area (Å²) < 4.78 is 0. The Balaban J connectivity index is 1.49. The lowest BCUT2D eigenvalue weighted by Crippen LogP contribution is -2.43. The van der Waals surface area contributed by atoms with E-state index in [0.717, 1.165) is 23.5 Å². The van der Waals surface area contributed by atoms with E-state index >= 15 is 0 Å². The predicted octanol–water partition coefficient (Wildman–Crippen LogP) is 2.90. The lowest BCUT2D eigenvalue weighted by molar-refractivity contribution is 0.0924. The van der Waals surface area contributed by atoms with Crippen molar-refractivity contribution in [2.45, 2.75) is 12.5 Å². The molecule has 1 aromatic heterocycles. The van der Waals surface area contributed by atoms with E-state index in [0.29, 0.717) is 15.9 Å². The fourth-order valence-corrected chi connectivity index (χ4v) is 4.49. The number of thiazole rings is 1. The van der Waals surface area contributed by atoms with Crippen molar-refractivity contribution in [3.05, 3.63) is 40.5 Å². The van der Waals surface area contributed by atoms with Crippen molar-refractivity contribution in [2.24, 2.45) is 5.92 Å². The van der Waals surface area contributed by atoms with Crippen LogP contribution in [-0.4, -0.2) is 41.5 Å². The van der Waals surface area contributed by atoms with E-state index in [2.05, 4.69) is 15.2 Å². The summed E-state index contributed by atoms with van der Waals surface area (Å²) in [5.74, 6) is 0.536. The van der Waals surface area contributed by atoms with Gasteiger partial charge >= 0.3 is 0 Å². The number of carbonyl (C=O) groups excluding carboxylic acids is 1. The maximum atomic E-state index is 12.4. The van der Waals surface area contributed by atoms with Crippen LogP contribution in [0.1, 0.15) is 16.2 Å². The van der Waals surface area contributed by atoms with E-state index < -0.39 is 0 Å². The third-order valence-electron chi connectivity index (χ3n) is 4.49. The van der Waals surface area contributed by atoms with Gasteiger partial charge < -0.3 is 10.2 Å². The highest BCUT2D eigenvalue weighted by Gasteiger charge is 2.38. The van der Waals surface area contributed by atoms with E-state index in [4.69, 9.17) is 11.6 Å². The Morgan fingerprint density at radius 3 is 2.95 bits per heavy atom. The van der Waals surface area contributed by atoms with Gasteiger partial charge in [0.25, 0.3) is 5.91 Å². The molecule has 2 aromatic rings. The molecule has 3 atom stereocenters. The zero-order valence-electron chi connectivity index (χ0n) is 12.0. The Morgan fingerprint density at radius 1 is 1.36 bits per heavy atom. The molecule has 2 saturated heterocycles. The van der Waals surface area contributed by atoms with Crippen LogP contribution >= 0.6 is 22.9 Å². The Hall–Kier alpha value is -1.43. The molecule has 6 heteroatoms. The van der Waals surface area contributed by atoms with Crippen LogP contribution in [0.2, 0.25) is 5.02 Å². The van der Waals surface area contributed by atoms with Crippen molar-refractivity contribution in [3.63, 3.8) is 0 Å². The number of nitrogens with zero attached hydrogens (tertiary/aromatic N) is 2. The molecule has 0 saturated carbocycles. The predicted molar refractivity (Wildman–Crippen MR) is 88.4 cm³/mol. The van der Waals surface area contributed by atoms with Crippen molar-refractivity contribution in [2.75, 3.05) is 19.6 Å². The summed E-state index contributed by atoms with van der Waals surface area (Å²) in [6.45, 7) is 3.26. The van der Waals surface area contributed by atoms with Crippen molar-refractivity contribution < 1.29 is 4.79 Å². The van der Waals surface area contributed by atoms with Gasteiger partial charge in [-0.05, 0) is 24.9 Å². The molecule has 4 rings (SSSR count). The number of amides is 1. The quantitative estimate of drug-likeness (QED) is 0.939. The number of hydrogen-bond donors (Lipinski definition) is 1. The summed E-state index contributed by atoms with van der Waals surface area (Å²) >= 11 is 7.59. The standard InChI is InChI=1S/C16H16ClN3OS/c17-12-4-2-1-3-11(12)14-7-18-16(22-14)15(21)19-13-9-20-6-5-10(13)8-20/h1-4,7,10,13H,5-6,8-9H2,(H,19,21)/t10-,13?/m0/s1. The Labute approximate surface area is 138 Å². The normalized spacial score (nSPS) is 26.3. The Morgan fingerprint density at radius 2 is 2.23 bits per heavy atom. The van der Waals surface area contributed by atoms with Gasteiger partial charge in [0.2, 0.25) is 0 Å². The summed E-state index contributed by atoms with van der Waals surface area (Å²) in [6, 6.07) is 7.89. The number of aromatic nitrogens is 1. The fourth-order valence-electron chi connectivity index (χ4n) is 3.34. The van der Waals surface area contributed by atoms with Gasteiger partial charge in [0.15, 0.2) is 5.01 Å². The highest BCUT2D eigenvalue weighted by atomic mass is 35.5. The van der Waals surface area contributed by atoms with Gasteiger partial charge in [0.05, 0.1) is 4.88 Å². The maximum Gasteiger partial charge on any atom is 0.280 e. The first-order chi connectivity index (χ1) is 10.7. The first kappa shape index (κ1) is 14.2. The number of benzene rings is 1. The summed E-state index contributed by atoms with van der Waals surface area (Å²) in [4.78, 5) is 20.0. The molecule has 1 N–H and O–H groups in total. The van der Waals surface area contributed by atoms with E-state index in [1.165, 1.54) is 24.3 Å².